The summed E-state index contributed by atoms with van der Waals surface area (Å²) in [5.41, 5.74) is 1.30. The fraction of sp³-hybridized carbons (Fsp3) is 0.556. The maximum absolute atomic E-state index is 12.2. The molecule has 0 aliphatic carbocycles. The summed E-state index contributed by atoms with van der Waals surface area (Å²) in [6, 6.07) is 6.69. The van der Waals surface area contributed by atoms with Crippen molar-refractivity contribution in [1.82, 2.24) is 10.2 Å². The van der Waals surface area contributed by atoms with E-state index in [1.165, 1.54) is 0 Å². The van der Waals surface area contributed by atoms with E-state index in [1.807, 2.05) is 13.8 Å². The Hall–Kier alpha value is -2.12. The van der Waals surface area contributed by atoms with E-state index < -0.39 is 0 Å². The van der Waals surface area contributed by atoms with E-state index in [0.717, 1.165) is 5.69 Å². The van der Waals surface area contributed by atoms with Crippen LogP contribution in [0.2, 0.25) is 0 Å². The summed E-state index contributed by atoms with van der Waals surface area (Å²) in [5, 5.41) is 15.0. The van der Waals surface area contributed by atoms with Crippen LogP contribution in [0.25, 0.3) is 0 Å². The summed E-state index contributed by atoms with van der Waals surface area (Å²) < 4.78 is 5.43. The molecule has 0 unspecified atom stereocenters. The molecule has 1 aliphatic heterocycles. The maximum atomic E-state index is 12.2. The van der Waals surface area contributed by atoms with Gasteiger partial charge < -0.3 is 25.4 Å². The third kappa shape index (κ3) is 5.72. The zero-order valence-corrected chi connectivity index (χ0v) is 14.8. The Kier molecular flexibility index (Phi) is 7.21. The van der Waals surface area contributed by atoms with Gasteiger partial charge in [0.25, 0.3) is 5.91 Å². The molecule has 2 amide bonds. The van der Waals surface area contributed by atoms with Crippen molar-refractivity contribution in [2.24, 2.45) is 0 Å². The number of hydrogen-bond acceptors (Lipinski definition) is 5. The quantitative estimate of drug-likeness (QED) is 0.679. The van der Waals surface area contributed by atoms with Crippen molar-refractivity contribution in [2.45, 2.75) is 32.4 Å². The number of nitrogens with one attached hydrogen (secondary N) is 2. The molecule has 0 bridgehead atoms. The van der Waals surface area contributed by atoms with Crippen molar-refractivity contribution >= 4 is 17.5 Å². The van der Waals surface area contributed by atoms with Gasteiger partial charge in [-0.1, -0.05) is 6.92 Å². The Morgan fingerprint density at radius 1 is 1.36 bits per heavy atom. The first-order valence-electron chi connectivity index (χ1n) is 8.68. The third-order valence-electron chi connectivity index (χ3n) is 4.23. The van der Waals surface area contributed by atoms with Gasteiger partial charge in [0, 0.05) is 24.3 Å². The van der Waals surface area contributed by atoms with Crippen LogP contribution in [0.4, 0.5) is 5.69 Å². The lowest BCUT2D eigenvalue weighted by atomic mass is 10.1. The van der Waals surface area contributed by atoms with Crippen molar-refractivity contribution in [3.63, 3.8) is 0 Å². The zero-order chi connectivity index (χ0) is 18.2. The topological polar surface area (TPSA) is 90.9 Å². The number of benzene rings is 1. The minimum atomic E-state index is -0.237. The monoisotopic (exact) mass is 349 g/mol. The summed E-state index contributed by atoms with van der Waals surface area (Å²) in [6.07, 6.45) is 0.741. The highest BCUT2D eigenvalue weighted by Crippen LogP contribution is 2.11. The van der Waals surface area contributed by atoms with Crippen molar-refractivity contribution in [3.8, 4) is 0 Å². The zero-order valence-electron chi connectivity index (χ0n) is 14.8. The Morgan fingerprint density at radius 2 is 2.08 bits per heavy atom. The van der Waals surface area contributed by atoms with Gasteiger partial charge in [-0.05, 0) is 37.6 Å². The lowest BCUT2D eigenvalue weighted by Crippen LogP contribution is -2.46. The number of aliphatic hydroxyl groups is 1. The van der Waals surface area contributed by atoms with Gasteiger partial charge in [-0.2, -0.15) is 0 Å². The molecule has 7 nitrogen and oxygen atoms in total. The standard InChI is InChI=1S/C18H27N3O4/c1-3-15(12-22)20-18(24)14-4-6-16(7-5-14)19-10-17(23)21-8-9-25-13(2)11-21/h4-7,13,15,19,22H,3,8-12H2,1-2H3,(H,20,24)/t13-,15-/m0/s1. The number of anilines is 1. The fourth-order valence-electron chi connectivity index (χ4n) is 2.62. The average molecular weight is 349 g/mol. The summed E-state index contributed by atoms with van der Waals surface area (Å²) in [7, 11) is 0. The van der Waals surface area contributed by atoms with Gasteiger partial charge in [0.1, 0.15) is 0 Å². The Labute approximate surface area is 148 Å². The van der Waals surface area contributed by atoms with E-state index in [1.54, 1.807) is 29.2 Å². The second-order valence-corrected chi connectivity index (χ2v) is 6.21. The summed E-state index contributed by atoms with van der Waals surface area (Å²) in [6.45, 7) is 5.79. The van der Waals surface area contributed by atoms with Crippen LogP contribution < -0.4 is 10.6 Å². The Balaban J connectivity index is 1.83. The van der Waals surface area contributed by atoms with E-state index in [4.69, 9.17) is 9.84 Å². The van der Waals surface area contributed by atoms with Gasteiger partial charge in [0.2, 0.25) is 5.91 Å². The van der Waals surface area contributed by atoms with E-state index >= 15 is 0 Å². The minimum absolute atomic E-state index is 0.0331. The van der Waals surface area contributed by atoms with Crippen LogP contribution in [0.5, 0.6) is 0 Å². The van der Waals surface area contributed by atoms with Crippen molar-refractivity contribution in [3.05, 3.63) is 29.8 Å². The van der Waals surface area contributed by atoms with Gasteiger partial charge in [-0.15, -0.1) is 0 Å². The first-order valence-corrected chi connectivity index (χ1v) is 8.68. The molecule has 2 atom stereocenters. The van der Waals surface area contributed by atoms with Crippen LogP contribution in [0.15, 0.2) is 24.3 Å². The molecule has 0 saturated carbocycles. The first kappa shape index (κ1) is 19.2. The number of rotatable bonds is 7. The molecule has 25 heavy (non-hydrogen) atoms. The Bertz CT molecular complexity index is 572. The van der Waals surface area contributed by atoms with Crippen LogP contribution in [0.3, 0.4) is 0 Å². The number of carbonyl (C=O) groups is 2. The predicted molar refractivity (Wildman–Crippen MR) is 95.6 cm³/mol. The van der Waals surface area contributed by atoms with E-state index in [9.17, 15) is 9.59 Å². The number of ether oxygens (including phenoxy) is 1. The molecule has 0 radical (unpaired) electrons. The number of morpholine rings is 1. The molecule has 138 valence electrons. The number of aliphatic hydroxyl groups excluding tert-OH is 1. The SMILES string of the molecule is CC[C@@H](CO)NC(=O)c1ccc(NCC(=O)N2CCO[C@@H](C)C2)cc1. The van der Waals surface area contributed by atoms with Crippen molar-refractivity contribution in [1.29, 1.82) is 0 Å². The fourth-order valence-corrected chi connectivity index (χ4v) is 2.62. The number of nitrogens with zero attached hydrogens (tertiary/aromatic N) is 1. The second-order valence-electron chi connectivity index (χ2n) is 6.21. The molecule has 2 rings (SSSR count). The average Bonchev–Trinajstić information content (AvgIpc) is 2.64. The maximum Gasteiger partial charge on any atom is 0.251 e. The molecular formula is C18H27N3O4. The molecule has 3 N–H and O–H groups in total. The normalized spacial score (nSPS) is 18.5. The largest absolute Gasteiger partial charge is 0.394 e. The number of hydrogen-bond donors (Lipinski definition) is 3. The molecular weight excluding hydrogens is 322 g/mol. The highest BCUT2D eigenvalue weighted by Gasteiger charge is 2.20. The summed E-state index contributed by atoms with van der Waals surface area (Å²) >= 11 is 0. The first-order chi connectivity index (χ1) is 12.0. The van der Waals surface area contributed by atoms with E-state index in [0.29, 0.717) is 31.7 Å². The Morgan fingerprint density at radius 3 is 2.68 bits per heavy atom. The smallest absolute Gasteiger partial charge is 0.251 e. The summed E-state index contributed by atoms with van der Waals surface area (Å²) in [5.74, 6) is -0.184. The van der Waals surface area contributed by atoms with Crippen LogP contribution >= 0.6 is 0 Å². The lowest BCUT2D eigenvalue weighted by Gasteiger charge is -2.31. The molecule has 1 aromatic carbocycles. The molecule has 0 aromatic heterocycles. The third-order valence-corrected chi connectivity index (χ3v) is 4.23. The highest BCUT2D eigenvalue weighted by molar-refractivity contribution is 5.94. The number of carbonyl (C=O) groups excluding carboxylic acids is 2. The molecule has 1 fully saturated rings. The van der Waals surface area contributed by atoms with Gasteiger partial charge in [0.15, 0.2) is 0 Å². The highest BCUT2D eigenvalue weighted by atomic mass is 16.5. The minimum Gasteiger partial charge on any atom is -0.394 e. The van der Waals surface area contributed by atoms with Crippen LogP contribution in [0.1, 0.15) is 30.6 Å². The number of amides is 2. The van der Waals surface area contributed by atoms with E-state index in [-0.39, 0.29) is 37.1 Å². The van der Waals surface area contributed by atoms with E-state index in [2.05, 4.69) is 10.6 Å². The second kappa shape index (κ2) is 9.39. The van der Waals surface area contributed by atoms with Crippen LogP contribution in [-0.2, 0) is 9.53 Å². The van der Waals surface area contributed by atoms with Crippen LogP contribution in [-0.4, -0.2) is 66.8 Å². The van der Waals surface area contributed by atoms with Crippen molar-refractivity contribution < 1.29 is 19.4 Å². The molecule has 1 saturated heterocycles. The molecule has 7 heteroatoms. The molecule has 1 aliphatic rings. The molecule has 1 heterocycles. The predicted octanol–water partition coefficient (Wildman–Crippen LogP) is 0.847. The van der Waals surface area contributed by atoms with Gasteiger partial charge in [-0.3, -0.25) is 9.59 Å². The summed E-state index contributed by atoms with van der Waals surface area (Å²) in [4.78, 5) is 26.1. The molecule has 0 spiro atoms. The van der Waals surface area contributed by atoms with Gasteiger partial charge in [-0.25, -0.2) is 0 Å². The van der Waals surface area contributed by atoms with Gasteiger partial charge in [0.05, 0.1) is 31.9 Å². The van der Waals surface area contributed by atoms with Crippen LogP contribution in [0, 0.1) is 0 Å². The van der Waals surface area contributed by atoms with Crippen molar-refractivity contribution in [2.75, 3.05) is 38.2 Å². The lowest BCUT2D eigenvalue weighted by molar-refractivity contribution is -0.136. The molecule has 1 aromatic rings. The van der Waals surface area contributed by atoms with Gasteiger partial charge >= 0.3 is 0 Å².